The first-order chi connectivity index (χ1) is 11.7. The van der Waals surface area contributed by atoms with Crippen molar-refractivity contribution in [2.24, 2.45) is 5.92 Å². The Morgan fingerprint density at radius 2 is 1.68 bits per heavy atom. The SMILES string of the molecule is Cc1ccc(NC(=O)CC(C)C)cc1S(=O)(=O)Nc1ccc(Br)cc1. The van der Waals surface area contributed by atoms with Crippen LogP contribution in [-0.2, 0) is 14.8 Å². The Labute approximate surface area is 157 Å². The molecule has 2 aromatic carbocycles. The highest BCUT2D eigenvalue weighted by Crippen LogP contribution is 2.24. The molecule has 0 bridgehead atoms. The number of hydrogen-bond acceptors (Lipinski definition) is 3. The minimum atomic E-state index is -3.75. The van der Waals surface area contributed by atoms with E-state index < -0.39 is 10.0 Å². The largest absolute Gasteiger partial charge is 0.326 e. The summed E-state index contributed by atoms with van der Waals surface area (Å²) in [4.78, 5) is 12.0. The van der Waals surface area contributed by atoms with Gasteiger partial charge in [-0.3, -0.25) is 9.52 Å². The van der Waals surface area contributed by atoms with Crippen molar-refractivity contribution < 1.29 is 13.2 Å². The smallest absolute Gasteiger partial charge is 0.262 e. The van der Waals surface area contributed by atoms with Crippen molar-refractivity contribution >= 4 is 43.2 Å². The van der Waals surface area contributed by atoms with Crippen LogP contribution in [0, 0.1) is 12.8 Å². The van der Waals surface area contributed by atoms with E-state index in [0.717, 1.165) is 4.47 Å². The molecule has 0 unspecified atom stereocenters. The number of amides is 1. The molecule has 0 aliphatic heterocycles. The van der Waals surface area contributed by atoms with E-state index in [4.69, 9.17) is 0 Å². The fourth-order valence-electron chi connectivity index (χ4n) is 2.28. The Morgan fingerprint density at radius 1 is 1.08 bits per heavy atom. The van der Waals surface area contributed by atoms with Crippen molar-refractivity contribution in [1.29, 1.82) is 0 Å². The Bertz CT molecular complexity index is 862. The Morgan fingerprint density at radius 3 is 2.28 bits per heavy atom. The van der Waals surface area contributed by atoms with Crippen molar-refractivity contribution in [1.82, 2.24) is 0 Å². The number of rotatable bonds is 6. The van der Waals surface area contributed by atoms with Crippen LogP contribution in [0.5, 0.6) is 0 Å². The molecule has 1 amide bonds. The van der Waals surface area contributed by atoms with Gasteiger partial charge in [0.25, 0.3) is 10.0 Å². The molecular formula is C18H21BrN2O3S. The van der Waals surface area contributed by atoms with Crippen LogP contribution in [0.15, 0.2) is 51.8 Å². The molecule has 2 N–H and O–H groups in total. The van der Waals surface area contributed by atoms with E-state index in [1.165, 1.54) is 6.07 Å². The topological polar surface area (TPSA) is 75.3 Å². The molecule has 0 saturated heterocycles. The monoisotopic (exact) mass is 424 g/mol. The molecule has 0 heterocycles. The molecule has 2 rings (SSSR count). The maximum atomic E-state index is 12.7. The van der Waals surface area contributed by atoms with Crippen LogP contribution in [0.3, 0.4) is 0 Å². The van der Waals surface area contributed by atoms with Gasteiger partial charge in [-0.2, -0.15) is 0 Å². The van der Waals surface area contributed by atoms with Crippen LogP contribution in [0.25, 0.3) is 0 Å². The van der Waals surface area contributed by atoms with Gasteiger partial charge in [-0.05, 0) is 54.8 Å². The Balaban J connectivity index is 2.26. The average molecular weight is 425 g/mol. The van der Waals surface area contributed by atoms with Crippen LogP contribution in [0.1, 0.15) is 25.8 Å². The summed E-state index contributed by atoms with van der Waals surface area (Å²) in [5.41, 5.74) is 1.54. The van der Waals surface area contributed by atoms with Gasteiger partial charge in [-0.15, -0.1) is 0 Å². The fraction of sp³-hybridized carbons (Fsp3) is 0.278. The van der Waals surface area contributed by atoms with Gasteiger partial charge >= 0.3 is 0 Å². The molecule has 0 spiro atoms. The number of hydrogen-bond donors (Lipinski definition) is 2. The van der Waals surface area contributed by atoms with Gasteiger partial charge in [-0.1, -0.05) is 35.8 Å². The summed E-state index contributed by atoms with van der Waals surface area (Å²) in [5, 5.41) is 2.75. The van der Waals surface area contributed by atoms with Crippen molar-refractivity contribution in [3.05, 3.63) is 52.5 Å². The molecule has 7 heteroatoms. The lowest BCUT2D eigenvalue weighted by Crippen LogP contribution is -2.17. The molecule has 0 atom stereocenters. The third-order valence-corrected chi connectivity index (χ3v) is 5.50. The molecule has 0 aromatic heterocycles. The summed E-state index contributed by atoms with van der Waals surface area (Å²) >= 11 is 3.31. The van der Waals surface area contributed by atoms with E-state index in [1.807, 2.05) is 13.8 Å². The van der Waals surface area contributed by atoms with Crippen molar-refractivity contribution in [2.45, 2.75) is 32.1 Å². The normalized spacial score (nSPS) is 11.4. The van der Waals surface area contributed by atoms with Gasteiger partial charge in [0.05, 0.1) is 4.90 Å². The highest BCUT2D eigenvalue weighted by Gasteiger charge is 2.18. The number of benzene rings is 2. The molecule has 0 aliphatic rings. The molecule has 0 aliphatic carbocycles. The summed E-state index contributed by atoms with van der Waals surface area (Å²) in [6, 6.07) is 11.7. The molecule has 0 saturated carbocycles. The second kappa shape index (κ2) is 8.01. The lowest BCUT2D eigenvalue weighted by Gasteiger charge is -2.13. The van der Waals surface area contributed by atoms with Gasteiger partial charge in [0, 0.05) is 22.3 Å². The van der Waals surface area contributed by atoms with Crippen LogP contribution < -0.4 is 10.0 Å². The maximum absolute atomic E-state index is 12.7. The fourth-order valence-corrected chi connectivity index (χ4v) is 3.87. The summed E-state index contributed by atoms with van der Waals surface area (Å²) < 4.78 is 28.8. The number of carbonyl (C=O) groups excluding carboxylic acids is 1. The first-order valence-electron chi connectivity index (χ1n) is 7.86. The van der Waals surface area contributed by atoms with Crippen molar-refractivity contribution in [3.63, 3.8) is 0 Å². The zero-order valence-electron chi connectivity index (χ0n) is 14.3. The summed E-state index contributed by atoms with van der Waals surface area (Å²) in [6.45, 7) is 5.62. The first kappa shape index (κ1) is 19.5. The highest BCUT2D eigenvalue weighted by atomic mass is 79.9. The van der Waals surface area contributed by atoms with Crippen molar-refractivity contribution in [2.75, 3.05) is 10.0 Å². The number of sulfonamides is 1. The second-order valence-electron chi connectivity index (χ2n) is 6.24. The van der Waals surface area contributed by atoms with Crippen LogP contribution in [-0.4, -0.2) is 14.3 Å². The zero-order valence-corrected chi connectivity index (χ0v) is 16.7. The van der Waals surface area contributed by atoms with E-state index in [9.17, 15) is 13.2 Å². The standard InChI is InChI=1S/C18H21BrN2O3S/c1-12(2)10-18(22)20-16-7-4-13(3)17(11-16)25(23,24)21-15-8-5-14(19)6-9-15/h4-9,11-12,21H,10H2,1-3H3,(H,20,22). The maximum Gasteiger partial charge on any atom is 0.262 e. The summed E-state index contributed by atoms with van der Waals surface area (Å²) in [7, 11) is -3.75. The predicted octanol–water partition coefficient (Wildman–Crippen LogP) is 4.54. The quantitative estimate of drug-likeness (QED) is 0.714. The number of aryl methyl sites for hydroxylation is 1. The number of nitrogens with one attached hydrogen (secondary N) is 2. The molecule has 0 fully saturated rings. The van der Waals surface area contributed by atoms with E-state index in [-0.39, 0.29) is 16.7 Å². The van der Waals surface area contributed by atoms with Gasteiger partial charge in [0.2, 0.25) is 5.91 Å². The lowest BCUT2D eigenvalue weighted by molar-refractivity contribution is -0.116. The van der Waals surface area contributed by atoms with Gasteiger partial charge in [-0.25, -0.2) is 8.42 Å². The van der Waals surface area contributed by atoms with E-state index >= 15 is 0 Å². The minimum absolute atomic E-state index is 0.136. The predicted molar refractivity (Wildman–Crippen MR) is 104 cm³/mol. The van der Waals surface area contributed by atoms with E-state index in [2.05, 4.69) is 26.0 Å². The molecule has 134 valence electrons. The third-order valence-electron chi connectivity index (χ3n) is 3.45. The van der Waals surface area contributed by atoms with Gasteiger partial charge < -0.3 is 5.32 Å². The molecule has 5 nitrogen and oxygen atoms in total. The van der Waals surface area contributed by atoms with Crippen molar-refractivity contribution in [3.8, 4) is 0 Å². The third kappa shape index (κ3) is 5.57. The second-order valence-corrected chi connectivity index (χ2v) is 8.81. The number of carbonyl (C=O) groups is 1. The number of anilines is 2. The molecule has 25 heavy (non-hydrogen) atoms. The van der Waals surface area contributed by atoms with Gasteiger partial charge in [0.15, 0.2) is 0 Å². The lowest BCUT2D eigenvalue weighted by atomic mass is 10.1. The van der Waals surface area contributed by atoms with Crippen LogP contribution in [0.4, 0.5) is 11.4 Å². The summed E-state index contributed by atoms with van der Waals surface area (Å²) in [6.07, 6.45) is 0.382. The first-order valence-corrected chi connectivity index (χ1v) is 10.1. The van der Waals surface area contributed by atoms with E-state index in [0.29, 0.717) is 23.4 Å². The van der Waals surface area contributed by atoms with Crippen LogP contribution in [0.2, 0.25) is 0 Å². The highest BCUT2D eigenvalue weighted by molar-refractivity contribution is 9.10. The minimum Gasteiger partial charge on any atom is -0.326 e. The van der Waals surface area contributed by atoms with Crippen LogP contribution >= 0.6 is 15.9 Å². The number of halogens is 1. The Kier molecular flexibility index (Phi) is 6.24. The summed E-state index contributed by atoms with van der Waals surface area (Å²) in [5.74, 6) is 0.0933. The average Bonchev–Trinajstić information content (AvgIpc) is 2.50. The molecule has 2 aromatic rings. The molecule has 0 radical (unpaired) electrons. The zero-order chi connectivity index (χ0) is 18.6. The molecular weight excluding hydrogens is 404 g/mol. The Hall–Kier alpha value is -1.86. The van der Waals surface area contributed by atoms with E-state index in [1.54, 1.807) is 43.3 Å². The van der Waals surface area contributed by atoms with Gasteiger partial charge in [0.1, 0.15) is 0 Å².